The summed E-state index contributed by atoms with van der Waals surface area (Å²) in [6, 6.07) is 5.81. The molecule has 0 saturated heterocycles. The molecule has 2 rings (SSSR count). The molecule has 1 aromatic carbocycles. The van der Waals surface area contributed by atoms with Gasteiger partial charge in [-0.05, 0) is 29.3 Å². The van der Waals surface area contributed by atoms with Gasteiger partial charge in [0, 0.05) is 12.4 Å². The number of rotatable bonds is 5. The van der Waals surface area contributed by atoms with Crippen molar-refractivity contribution in [3.05, 3.63) is 35.6 Å². The van der Waals surface area contributed by atoms with Crippen LogP contribution in [0.1, 0.15) is 36.7 Å². The molecule has 126 valence electrons. The van der Waals surface area contributed by atoms with Crippen molar-refractivity contribution < 1.29 is 18.5 Å². The third-order valence-electron chi connectivity index (χ3n) is 4.15. The number of furan rings is 1. The van der Waals surface area contributed by atoms with E-state index in [4.69, 9.17) is 13.7 Å². The Morgan fingerprint density at radius 3 is 2.65 bits per heavy atom. The van der Waals surface area contributed by atoms with E-state index in [9.17, 15) is 4.79 Å². The molecule has 1 heterocycles. The number of hydroxylamine groups is 2. The Bertz CT molecular complexity index is 689. The fourth-order valence-corrected chi connectivity index (χ4v) is 2.99. The Hall–Kier alpha value is -1.63. The Morgan fingerprint density at radius 1 is 1.35 bits per heavy atom. The topological polar surface area (TPSA) is 51.9 Å². The molecule has 1 unspecified atom stereocenters. The molecule has 23 heavy (non-hydrogen) atoms. The van der Waals surface area contributed by atoms with Gasteiger partial charge in [-0.2, -0.15) is 0 Å². The van der Waals surface area contributed by atoms with Crippen LogP contribution < -0.4 is 0 Å². The average molecular weight is 335 g/mol. The predicted molar refractivity (Wildman–Crippen MR) is 92.8 cm³/mol. The number of carbonyl (C=O) groups is 1. The molecule has 6 heteroatoms. The summed E-state index contributed by atoms with van der Waals surface area (Å²) in [5, 5.41) is 2.19. The number of fused-ring (bicyclic) bond motifs is 1. The molecule has 0 aliphatic carbocycles. The molecule has 5 nitrogen and oxygen atoms in total. The third kappa shape index (κ3) is 4.02. The summed E-state index contributed by atoms with van der Waals surface area (Å²) in [5.74, 6) is -0.232. The summed E-state index contributed by atoms with van der Waals surface area (Å²) < 4.78 is 11.6. The van der Waals surface area contributed by atoms with Crippen molar-refractivity contribution >= 4 is 25.9 Å². The number of hydrogen-bond acceptors (Lipinski definition) is 4. The average Bonchev–Trinajstić information content (AvgIpc) is 2.93. The van der Waals surface area contributed by atoms with Crippen molar-refractivity contribution in [1.29, 1.82) is 0 Å². The van der Waals surface area contributed by atoms with Gasteiger partial charge in [0.1, 0.15) is 11.8 Å². The standard InChI is InChI=1S/C17H25NO4Si/c1-17(2,3)23(6)22-10-12-7-8-13-14(11-21-15(13)9-12)16(19)18(4)20-5/h7-9,11,23H,10H2,1-6H3. The summed E-state index contributed by atoms with van der Waals surface area (Å²) in [7, 11) is 1.77. The van der Waals surface area contributed by atoms with Gasteiger partial charge in [0.05, 0.1) is 19.3 Å². The summed E-state index contributed by atoms with van der Waals surface area (Å²) in [6.45, 7) is 9.42. The van der Waals surface area contributed by atoms with E-state index in [1.807, 2.05) is 18.2 Å². The van der Waals surface area contributed by atoms with Crippen molar-refractivity contribution in [1.82, 2.24) is 5.06 Å². The van der Waals surface area contributed by atoms with Crippen molar-refractivity contribution in [2.24, 2.45) is 0 Å². The van der Waals surface area contributed by atoms with Crippen LogP contribution in [0.2, 0.25) is 11.6 Å². The minimum absolute atomic E-state index is 0.232. The molecule has 0 aliphatic rings. The monoisotopic (exact) mass is 335 g/mol. The molecule has 0 saturated carbocycles. The molecule has 0 radical (unpaired) electrons. The van der Waals surface area contributed by atoms with Crippen LogP contribution in [0.5, 0.6) is 0 Å². The first-order valence-electron chi connectivity index (χ1n) is 7.68. The summed E-state index contributed by atoms with van der Waals surface area (Å²) >= 11 is 0. The van der Waals surface area contributed by atoms with E-state index in [0.29, 0.717) is 17.8 Å². The molecular formula is C17H25NO4Si. The molecular weight excluding hydrogens is 310 g/mol. The van der Waals surface area contributed by atoms with Crippen LogP contribution in [0.25, 0.3) is 11.0 Å². The largest absolute Gasteiger partial charge is 0.463 e. The minimum atomic E-state index is -1.26. The zero-order valence-corrected chi connectivity index (χ0v) is 15.8. The fraction of sp³-hybridized carbons (Fsp3) is 0.471. The maximum atomic E-state index is 12.2. The molecule has 0 N–H and O–H groups in total. The first-order valence-corrected chi connectivity index (χ1v) is 9.88. The van der Waals surface area contributed by atoms with Gasteiger partial charge in [0.2, 0.25) is 0 Å². The number of amides is 1. The second kappa shape index (κ2) is 6.86. The van der Waals surface area contributed by atoms with Crippen LogP contribution in [0, 0.1) is 0 Å². The van der Waals surface area contributed by atoms with Gasteiger partial charge < -0.3 is 8.84 Å². The highest BCUT2D eigenvalue weighted by atomic mass is 28.3. The maximum absolute atomic E-state index is 12.2. The van der Waals surface area contributed by atoms with Crippen LogP contribution >= 0.6 is 0 Å². The van der Waals surface area contributed by atoms with Gasteiger partial charge in [-0.25, -0.2) is 5.06 Å². The van der Waals surface area contributed by atoms with Crippen LogP contribution in [-0.4, -0.2) is 34.2 Å². The van der Waals surface area contributed by atoms with Gasteiger partial charge >= 0.3 is 0 Å². The Morgan fingerprint density at radius 2 is 2.04 bits per heavy atom. The van der Waals surface area contributed by atoms with Gasteiger partial charge in [0.25, 0.3) is 5.91 Å². The lowest BCUT2D eigenvalue weighted by Gasteiger charge is -2.25. The lowest BCUT2D eigenvalue weighted by molar-refractivity contribution is -0.0756. The highest BCUT2D eigenvalue weighted by molar-refractivity contribution is 6.53. The zero-order chi connectivity index (χ0) is 17.2. The lowest BCUT2D eigenvalue weighted by atomic mass is 10.1. The van der Waals surface area contributed by atoms with E-state index in [2.05, 4.69) is 27.3 Å². The molecule has 1 amide bonds. The molecule has 0 aliphatic heterocycles. The van der Waals surface area contributed by atoms with E-state index in [-0.39, 0.29) is 10.9 Å². The van der Waals surface area contributed by atoms with Crippen LogP contribution in [-0.2, 0) is 15.9 Å². The summed E-state index contributed by atoms with van der Waals surface area (Å²) in [4.78, 5) is 17.1. The van der Waals surface area contributed by atoms with Crippen LogP contribution in [0.15, 0.2) is 28.9 Å². The quantitative estimate of drug-likeness (QED) is 0.617. The van der Waals surface area contributed by atoms with Gasteiger partial charge in [-0.15, -0.1) is 0 Å². The second-order valence-corrected chi connectivity index (χ2v) is 10.1. The Balaban J connectivity index is 2.17. The van der Waals surface area contributed by atoms with E-state index in [1.54, 1.807) is 7.05 Å². The van der Waals surface area contributed by atoms with E-state index in [0.717, 1.165) is 10.9 Å². The number of benzene rings is 1. The number of carbonyl (C=O) groups excluding carboxylic acids is 1. The Kier molecular flexibility index (Phi) is 5.29. The number of nitrogens with zero attached hydrogens (tertiary/aromatic N) is 1. The fourth-order valence-electron chi connectivity index (χ4n) is 2.05. The summed E-state index contributed by atoms with van der Waals surface area (Å²) in [5.41, 5.74) is 2.23. The predicted octanol–water partition coefficient (Wildman–Crippen LogP) is 3.74. The van der Waals surface area contributed by atoms with E-state index in [1.165, 1.54) is 18.4 Å². The third-order valence-corrected chi connectivity index (χ3v) is 7.26. The number of hydrogen-bond donors (Lipinski definition) is 0. The molecule has 0 fully saturated rings. The van der Waals surface area contributed by atoms with E-state index >= 15 is 0 Å². The second-order valence-electron chi connectivity index (χ2n) is 6.78. The van der Waals surface area contributed by atoms with E-state index < -0.39 is 9.04 Å². The first-order chi connectivity index (χ1) is 10.7. The van der Waals surface area contributed by atoms with Gasteiger partial charge in [-0.1, -0.05) is 26.8 Å². The van der Waals surface area contributed by atoms with Gasteiger partial charge in [-0.3, -0.25) is 9.63 Å². The van der Waals surface area contributed by atoms with Crippen molar-refractivity contribution in [3.63, 3.8) is 0 Å². The minimum Gasteiger partial charge on any atom is -0.463 e. The smallest absolute Gasteiger partial charge is 0.281 e. The molecule has 0 bridgehead atoms. The normalized spacial score (nSPS) is 13.3. The van der Waals surface area contributed by atoms with Gasteiger partial charge in [0.15, 0.2) is 9.04 Å². The SMILES string of the molecule is CON(C)C(=O)c1coc2cc(CO[SiH](C)C(C)(C)C)ccc12. The highest BCUT2D eigenvalue weighted by Gasteiger charge is 2.23. The lowest BCUT2D eigenvalue weighted by Crippen LogP contribution is -2.25. The summed E-state index contributed by atoms with van der Waals surface area (Å²) in [6.07, 6.45) is 1.47. The Labute approximate surface area is 138 Å². The van der Waals surface area contributed by atoms with Crippen LogP contribution in [0.3, 0.4) is 0 Å². The van der Waals surface area contributed by atoms with Crippen molar-refractivity contribution in [2.75, 3.05) is 14.2 Å². The zero-order valence-electron chi connectivity index (χ0n) is 14.7. The molecule has 0 spiro atoms. The highest BCUT2D eigenvalue weighted by Crippen LogP contribution is 2.28. The molecule has 1 atom stereocenters. The molecule has 2 aromatic rings. The maximum Gasteiger partial charge on any atom is 0.281 e. The van der Waals surface area contributed by atoms with Crippen LogP contribution in [0.4, 0.5) is 0 Å². The molecule has 1 aromatic heterocycles. The first kappa shape index (κ1) is 17.7. The van der Waals surface area contributed by atoms with Crippen molar-refractivity contribution in [2.45, 2.75) is 39.0 Å². The van der Waals surface area contributed by atoms with Crippen molar-refractivity contribution in [3.8, 4) is 0 Å².